The van der Waals surface area contributed by atoms with Crippen molar-refractivity contribution in [2.75, 3.05) is 0 Å². The fourth-order valence-corrected chi connectivity index (χ4v) is 0.805. The third kappa shape index (κ3) is 6.10. The Hall–Kier alpha value is -2.16. The highest BCUT2D eigenvalue weighted by molar-refractivity contribution is 5.85. The van der Waals surface area contributed by atoms with Crippen LogP contribution in [0.5, 0.6) is 0 Å². The van der Waals surface area contributed by atoms with Crippen molar-refractivity contribution in [1.82, 2.24) is 0 Å². The van der Waals surface area contributed by atoms with E-state index in [0.717, 1.165) is 0 Å². The lowest BCUT2D eigenvalue weighted by Crippen LogP contribution is -2.35. The molecule has 17 heavy (non-hydrogen) atoms. The van der Waals surface area contributed by atoms with E-state index in [1.807, 2.05) is 0 Å². The first-order chi connectivity index (χ1) is 7.73. The first kappa shape index (κ1) is 14.8. The molecule has 4 N–H and O–H groups in total. The van der Waals surface area contributed by atoms with Crippen LogP contribution >= 0.6 is 0 Å². The molecule has 96 valence electrons. The molecule has 0 saturated carbocycles. The molecule has 0 aliphatic carbocycles. The predicted molar refractivity (Wildman–Crippen MR) is 48.0 cm³/mol. The number of carboxylic acids is 3. The molecule has 0 aromatic carbocycles. The Morgan fingerprint density at radius 2 is 1.41 bits per heavy atom. The van der Waals surface area contributed by atoms with Gasteiger partial charge in [0, 0.05) is 0 Å². The third-order valence-electron chi connectivity index (χ3n) is 1.53. The summed E-state index contributed by atoms with van der Waals surface area (Å²) in [7, 11) is 0. The van der Waals surface area contributed by atoms with E-state index in [1.54, 1.807) is 0 Å². The summed E-state index contributed by atoms with van der Waals surface area (Å²) in [5.74, 6) is -6.21. The van der Waals surface area contributed by atoms with Crippen LogP contribution in [-0.4, -0.2) is 56.5 Å². The highest BCUT2D eigenvalue weighted by Crippen LogP contribution is 2.04. The summed E-state index contributed by atoms with van der Waals surface area (Å²) in [5.41, 5.74) is 0. The van der Waals surface area contributed by atoms with Crippen LogP contribution in [0, 0.1) is 0 Å². The van der Waals surface area contributed by atoms with Gasteiger partial charge in [0.05, 0.1) is 12.8 Å². The number of esters is 1. The van der Waals surface area contributed by atoms with Crippen LogP contribution in [0.3, 0.4) is 0 Å². The molecule has 9 heteroatoms. The molecular formula is C8H10O9. The van der Waals surface area contributed by atoms with Gasteiger partial charge in [-0.05, 0) is 0 Å². The second-order valence-electron chi connectivity index (χ2n) is 2.98. The van der Waals surface area contributed by atoms with Gasteiger partial charge in [-0.3, -0.25) is 9.59 Å². The molecule has 2 atom stereocenters. The van der Waals surface area contributed by atoms with Crippen molar-refractivity contribution in [2.45, 2.75) is 25.0 Å². The fourth-order valence-electron chi connectivity index (χ4n) is 0.805. The molecule has 0 saturated heterocycles. The molecule has 0 amide bonds. The number of aliphatic hydroxyl groups is 1. The fraction of sp³-hybridized carbons (Fsp3) is 0.500. The number of ether oxygens (including phenoxy) is 1. The lowest BCUT2D eigenvalue weighted by molar-refractivity contribution is -0.174. The Morgan fingerprint density at radius 1 is 0.941 bits per heavy atom. The maximum Gasteiger partial charge on any atom is 0.345 e. The number of hydrogen-bond donors (Lipinski definition) is 4. The lowest BCUT2D eigenvalue weighted by atomic mass is 10.2. The summed E-state index contributed by atoms with van der Waals surface area (Å²) < 4.78 is 4.15. The Morgan fingerprint density at radius 3 is 1.76 bits per heavy atom. The molecule has 0 spiro atoms. The largest absolute Gasteiger partial charge is 0.481 e. The average molecular weight is 250 g/mol. The molecule has 1 unspecified atom stereocenters. The third-order valence-corrected chi connectivity index (χ3v) is 1.53. The van der Waals surface area contributed by atoms with Crippen LogP contribution in [0.4, 0.5) is 0 Å². The highest BCUT2D eigenvalue weighted by atomic mass is 16.6. The van der Waals surface area contributed by atoms with Gasteiger partial charge in [-0.1, -0.05) is 0 Å². The second kappa shape index (κ2) is 6.43. The van der Waals surface area contributed by atoms with E-state index in [9.17, 15) is 19.2 Å². The van der Waals surface area contributed by atoms with Gasteiger partial charge in [-0.15, -0.1) is 0 Å². The monoisotopic (exact) mass is 250 g/mol. The maximum absolute atomic E-state index is 11.0. The number of aliphatic hydroxyl groups excluding tert-OH is 1. The summed E-state index contributed by atoms with van der Waals surface area (Å²) >= 11 is 0. The topological polar surface area (TPSA) is 158 Å². The number of rotatable bonds is 7. The normalized spacial score (nSPS) is 13.5. The minimum atomic E-state index is -2.04. The zero-order valence-electron chi connectivity index (χ0n) is 8.40. The van der Waals surface area contributed by atoms with Crippen LogP contribution in [0.2, 0.25) is 0 Å². The molecule has 9 nitrogen and oxygen atoms in total. The van der Waals surface area contributed by atoms with Gasteiger partial charge in [-0.25, -0.2) is 9.59 Å². The summed E-state index contributed by atoms with van der Waals surface area (Å²) in [6.45, 7) is 0. The summed E-state index contributed by atoms with van der Waals surface area (Å²) in [5, 5.41) is 34.0. The van der Waals surface area contributed by atoms with Crippen molar-refractivity contribution in [2.24, 2.45) is 0 Å². The molecule has 0 bridgehead atoms. The van der Waals surface area contributed by atoms with Gasteiger partial charge in [-0.2, -0.15) is 0 Å². The van der Waals surface area contributed by atoms with Crippen molar-refractivity contribution in [3.05, 3.63) is 0 Å². The Bertz CT molecular complexity index is 334. The first-order valence-electron chi connectivity index (χ1n) is 4.29. The van der Waals surface area contributed by atoms with Crippen LogP contribution in [0.1, 0.15) is 12.8 Å². The highest BCUT2D eigenvalue weighted by Gasteiger charge is 2.29. The molecule has 0 radical (unpaired) electrons. The van der Waals surface area contributed by atoms with E-state index in [-0.39, 0.29) is 0 Å². The van der Waals surface area contributed by atoms with Crippen molar-refractivity contribution in [3.8, 4) is 0 Å². The lowest BCUT2D eigenvalue weighted by Gasteiger charge is -2.13. The zero-order valence-corrected chi connectivity index (χ0v) is 8.40. The van der Waals surface area contributed by atoms with Gasteiger partial charge < -0.3 is 25.2 Å². The summed E-state index contributed by atoms with van der Waals surface area (Å²) in [6.07, 6.45) is -5.95. The van der Waals surface area contributed by atoms with E-state index in [2.05, 4.69) is 4.74 Å². The van der Waals surface area contributed by atoms with E-state index in [1.165, 1.54) is 0 Å². The number of carbonyl (C=O) groups excluding carboxylic acids is 1. The van der Waals surface area contributed by atoms with Crippen LogP contribution in [0.25, 0.3) is 0 Å². The van der Waals surface area contributed by atoms with E-state index >= 15 is 0 Å². The van der Waals surface area contributed by atoms with Gasteiger partial charge in [0.15, 0.2) is 6.10 Å². The Labute approximate surface area is 94.2 Å². The average Bonchev–Trinajstić information content (AvgIpc) is 2.14. The number of aliphatic carboxylic acids is 3. The van der Waals surface area contributed by atoms with Gasteiger partial charge in [0.1, 0.15) is 0 Å². The molecular weight excluding hydrogens is 240 g/mol. The van der Waals surface area contributed by atoms with Gasteiger partial charge in [0.25, 0.3) is 0 Å². The quantitative estimate of drug-likeness (QED) is 0.386. The summed E-state index contributed by atoms with van der Waals surface area (Å²) in [6, 6.07) is 0. The Balaban J connectivity index is 4.44. The Kier molecular flexibility index (Phi) is 5.61. The van der Waals surface area contributed by atoms with Crippen molar-refractivity contribution < 1.29 is 44.3 Å². The van der Waals surface area contributed by atoms with Crippen LogP contribution in [0.15, 0.2) is 0 Å². The van der Waals surface area contributed by atoms with Gasteiger partial charge >= 0.3 is 23.9 Å². The first-order valence-corrected chi connectivity index (χ1v) is 4.29. The van der Waals surface area contributed by atoms with Crippen molar-refractivity contribution in [3.63, 3.8) is 0 Å². The minimum absolute atomic E-state index is 0.960. The number of hydrogen-bond acceptors (Lipinski definition) is 6. The van der Waals surface area contributed by atoms with E-state index in [4.69, 9.17) is 20.4 Å². The SMILES string of the molecule is O=C(O)CC(OC(=O)[C@@H](O)CC(=O)O)C(=O)O. The molecule has 0 heterocycles. The molecule has 0 aliphatic rings. The molecule has 0 aromatic heterocycles. The zero-order chi connectivity index (χ0) is 13.6. The van der Waals surface area contributed by atoms with E-state index in [0.29, 0.717) is 0 Å². The smallest absolute Gasteiger partial charge is 0.345 e. The predicted octanol–water partition coefficient (Wildman–Crippen LogP) is -1.71. The van der Waals surface area contributed by atoms with Crippen LogP contribution < -0.4 is 0 Å². The molecule has 0 aromatic rings. The van der Waals surface area contributed by atoms with E-state index < -0.39 is 48.9 Å². The maximum atomic E-state index is 11.0. The standard InChI is InChI=1S/C8H10O9/c9-3(1-5(10)11)8(16)17-4(7(14)15)2-6(12)13/h3-4,9H,1-2H2,(H,10,11)(H,12,13)(H,14,15)/t3-,4?/m0/s1. The van der Waals surface area contributed by atoms with Crippen molar-refractivity contribution >= 4 is 23.9 Å². The van der Waals surface area contributed by atoms with Crippen LogP contribution in [-0.2, 0) is 23.9 Å². The number of carbonyl (C=O) groups is 4. The summed E-state index contributed by atoms with van der Waals surface area (Å²) in [4.78, 5) is 41.8. The van der Waals surface area contributed by atoms with Gasteiger partial charge in [0.2, 0.25) is 6.10 Å². The molecule has 0 aliphatic heterocycles. The molecule has 0 fully saturated rings. The van der Waals surface area contributed by atoms with Crippen molar-refractivity contribution in [1.29, 1.82) is 0 Å². The minimum Gasteiger partial charge on any atom is -0.481 e. The second-order valence-corrected chi connectivity index (χ2v) is 2.98. The number of carboxylic acid groups (broad SMARTS) is 3. The molecule has 0 rings (SSSR count).